The summed E-state index contributed by atoms with van der Waals surface area (Å²) in [6.07, 6.45) is 3.21. The second kappa shape index (κ2) is 9.76. The highest BCUT2D eigenvalue weighted by atomic mass is 79.9. The van der Waals surface area contributed by atoms with Gasteiger partial charge in [0.15, 0.2) is 0 Å². The Kier molecular flexibility index (Phi) is 6.62. The van der Waals surface area contributed by atoms with Crippen LogP contribution in [0.2, 0.25) is 5.02 Å². The largest absolute Gasteiger partial charge is 0.272 e. The lowest BCUT2D eigenvalue weighted by Gasteiger charge is -2.02. The van der Waals surface area contributed by atoms with Crippen molar-refractivity contribution in [3.8, 4) is 16.9 Å². The Bertz CT molecular complexity index is 1350. The second-order valence-electron chi connectivity index (χ2n) is 6.84. The van der Waals surface area contributed by atoms with E-state index >= 15 is 0 Å². The van der Waals surface area contributed by atoms with E-state index in [1.807, 2.05) is 24.3 Å². The van der Waals surface area contributed by atoms with E-state index in [2.05, 4.69) is 31.6 Å². The molecule has 8 nitrogen and oxygen atoms in total. The van der Waals surface area contributed by atoms with Crippen molar-refractivity contribution in [2.75, 3.05) is 0 Å². The van der Waals surface area contributed by atoms with Crippen LogP contribution < -0.4 is 5.43 Å². The van der Waals surface area contributed by atoms with Crippen molar-refractivity contribution in [2.45, 2.75) is 0 Å². The first-order chi connectivity index (χ1) is 15.9. The number of amides is 1. The number of nitro benzene ring substituents is 1. The molecule has 0 atom stereocenters. The van der Waals surface area contributed by atoms with Gasteiger partial charge < -0.3 is 0 Å². The summed E-state index contributed by atoms with van der Waals surface area (Å²) in [5.74, 6) is -0.440. The highest BCUT2D eigenvalue weighted by Gasteiger charge is 2.13. The lowest BCUT2D eigenvalue weighted by atomic mass is 10.1. The molecule has 0 aliphatic rings. The van der Waals surface area contributed by atoms with Gasteiger partial charge in [-0.3, -0.25) is 14.9 Å². The fraction of sp³-hybridized carbons (Fsp3) is 0. The number of hydrogen-bond acceptors (Lipinski definition) is 5. The molecule has 0 aliphatic carbocycles. The number of hydrazone groups is 1. The Morgan fingerprint density at radius 2 is 1.79 bits per heavy atom. The molecular formula is C23H15BrClN5O3. The fourth-order valence-electron chi connectivity index (χ4n) is 3.04. The molecule has 0 spiro atoms. The maximum atomic E-state index is 12.4. The van der Waals surface area contributed by atoms with E-state index in [-0.39, 0.29) is 5.69 Å². The van der Waals surface area contributed by atoms with E-state index in [9.17, 15) is 14.9 Å². The third kappa shape index (κ3) is 5.16. The van der Waals surface area contributed by atoms with Crippen molar-refractivity contribution >= 4 is 45.3 Å². The van der Waals surface area contributed by atoms with Gasteiger partial charge in [-0.1, -0.05) is 51.8 Å². The van der Waals surface area contributed by atoms with Crippen LogP contribution in [0, 0.1) is 10.1 Å². The minimum atomic E-state index is -0.458. The first kappa shape index (κ1) is 22.4. The standard InChI is InChI=1S/C23H15BrClN5O3/c24-17-7-5-15(6-8-17)22-16(13-26-27-23(31)20-3-1-2-4-21(20)25)14-29(28-22)18-9-11-19(12-10-18)30(32)33/h1-14H,(H,27,31)/b26-13-. The summed E-state index contributed by atoms with van der Waals surface area (Å²) in [7, 11) is 0. The molecule has 3 aromatic carbocycles. The summed E-state index contributed by atoms with van der Waals surface area (Å²) in [6, 6.07) is 20.3. The van der Waals surface area contributed by atoms with Crippen LogP contribution in [0.1, 0.15) is 15.9 Å². The van der Waals surface area contributed by atoms with E-state index in [1.54, 1.807) is 47.3 Å². The van der Waals surface area contributed by atoms with E-state index in [0.29, 0.717) is 27.5 Å². The average molecular weight is 525 g/mol. The highest BCUT2D eigenvalue weighted by molar-refractivity contribution is 9.10. The van der Waals surface area contributed by atoms with Crippen molar-refractivity contribution < 1.29 is 9.72 Å². The normalized spacial score (nSPS) is 11.0. The zero-order chi connectivity index (χ0) is 23.4. The second-order valence-corrected chi connectivity index (χ2v) is 8.16. The van der Waals surface area contributed by atoms with E-state index < -0.39 is 10.8 Å². The van der Waals surface area contributed by atoms with Gasteiger partial charge in [0.05, 0.1) is 27.4 Å². The van der Waals surface area contributed by atoms with Crippen molar-refractivity contribution in [2.24, 2.45) is 5.10 Å². The zero-order valence-electron chi connectivity index (χ0n) is 16.9. The summed E-state index contributed by atoms with van der Waals surface area (Å²) >= 11 is 9.48. The third-order valence-corrected chi connectivity index (χ3v) is 5.53. The van der Waals surface area contributed by atoms with Gasteiger partial charge in [-0.25, -0.2) is 10.1 Å². The van der Waals surface area contributed by atoms with Gasteiger partial charge in [0, 0.05) is 33.9 Å². The van der Waals surface area contributed by atoms with Crippen molar-refractivity contribution in [3.63, 3.8) is 0 Å². The molecule has 10 heteroatoms. The maximum absolute atomic E-state index is 12.4. The number of carbonyl (C=O) groups is 1. The fourth-order valence-corrected chi connectivity index (χ4v) is 3.53. The SMILES string of the molecule is O=C(N/N=C\c1cn(-c2ccc([N+](=O)[O-])cc2)nc1-c1ccc(Br)cc1)c1ccccc1Cl. The maximum Gasteiger partial charge on any atom is 0.272 e. The molecule has 33 heavy (non-hydrogen) atoms. The molecule has 164 valence electrons. The molecule has 1 heterocycles. The molecule has 0 saturated carbocycles. The van der Waals surface area contributed by atoms with Gasteiger partial charge >= 0.3 is 0 Å². The third-order valence-electron chi connectivity index (χ3n) is 4.67. The number of nitrogens with one attached hydrogen (secondary N) is 1. The number of hydrogen-bond donors (Lipinski definition) is 1. The molecule has 0 bridgehead atoms. The number of benzene rings is 3. The van der Waals surface area contributed by atoms with Crippen molar-refractivity contribution in [3.05, 3.63) is 110 Å². The Balaban J connectivity index is 1.66. The van der Waals surface area contributed by atoms with Gasteiger partial charge in [-0.05, 0) is 36.4 Å². The van der Waals surface area contributed by atoms with Crippen LogP contribution in [0.5, 0.6) is 0 Å². The molecule has 0 saturated heterocycles. The minimum absolute atomic E-state index is 0.0110. The molecule has 4 rings (SSSR count). The summed E-state index contributed by atoms with van der Waals surface area (Å²) in [5, 5.41) is 20.0. The number of rotatable bonds is 6. The van der Waals surface area contributed by atoms with Crippen LogP contribution in [0.3, 0.4) is 0 Å². The van der Waals surface area contributed by atoms with Gasteiger partial charge in [0.2, 0.25) is 0 Å². The minimum Gasteiger partial charge on any atom is -0.267 e. The quantitative estimate of drug-likeness (QED) is 0.201. The van der Waals surface area contributed by atoms with Crippen LogP contribution in [-0.2, 0) is 0 Å². The smallest absolute Gasteiger partial charge is 0.267 e. The summed E-state index contributed by atoms with van der Waals surface area (Å²) in [5.41, 5.74) is 5.50. The molecule has 4 aromatic rings. The number of nitro groups is 1. The van der Waals surface area contributed by atoms with Crippen LogP contribution >= 0.6 is 27.5 Å². The molecule has 0 radical (unpaired) electrons. The Labute approximate surface area is 201 Å². The lowest BCUT2D eigenvalue weighted by molar-refractivity contribution is -0.384. The first-order valence-corrected chi connectivity index (χ1v) is 10.8. The summed E-state index contributed by atoms with van der Waals surface area (Å²) in [6.45, 7) is 0. The van der Waals surface area contributed by atoms with E-state index in [0.717, 1.165) is 10.0 Å². The summed E-state index contributed by atoms with van der Waals surface area (Å²) < 4.78 is 2.52. The predicted octanol–water partition coefficient (Wildman–Crippen LogP) is 5.63. The van der Waals surface area contributed by atoms with Crippen molar-refractivity contribution in [1.82, 2.24) is 15.2 Å². The zero-order valence-corrected chi connectivity index (χ0v) is 19.2. The number of nitrogens with zero attached hydrogens (tertiary/aromatic N) is 4. The van der Waals surface area contributed by atoms with Crippen LogP contribution in [0.15, 0.2) is 88.6 Å². The topological polar surface area (TPSA) is 102 Å². The number of non-ortho nitro benzene ring substituents is 1. The number of carbonyl (C=O) groups excluding carboxylic acids is 1. The van der Waals surface area contributed by atoms with Crippen LogP contribution in [-0.4, -0.2) is 26.8 Å². The summed E-state index contributed by atoms with van der Waals surface area (Å²) in [4.78, 5) is 22.8. The molecule has 1 N–H and O–H groups in total. The van der Waals surface area contributed by atoms with Crippen LogP contribution in [0.25, 0.3) is 16.9 Å². The van der Waals surface area contributed by atoms with E-state index in [1.165, 1.54) is 18.3 Å². The average Bonchev–Trinajstić information content (AvgIpc) is 3.24. The molecule has 0 unspecified atom stereocenters. The Morgan fingerprint density at radius 3 is 2.45 bits per heavy atom. The van der Waals surface area contributed by atoms with Crippen molar-refractivity contribution in [1.29, 1.82) is 0 Å². The van der Waals surface area contributed by atoms with E-state index in [4.69, 9.17) is 11.6 Å². The Hall–Kier alpha value is -3.82. The van der Waals surface area contributed by atoms with Gasteiger partial charge in [-0.15, -0.1) is 0 Å². The molecule has 0 fully saturated rings. The van der Waals surface area contributed by atoms with Gasteiger partial charge in [-0.2, -0.15) is 10.2 Å². The van der Waals surface area contributed by atoms with Crippen LogP contribution in [0.4, 0.5) is 5.69 Å². The first-order valence-electron chi connectivity index (χ1n) is 9.61. The lowest BCUT2D eigenvalue weighted by Crippen LogP contribution is -2.17. The number of halogens is 2. The monoisotopic (exact) mass is 523 g/mol. The number of aromatic nitrogens is 2. The molecule has 1 amide bonds. The predicted molar refractivity (Wildman–Crippen MR) is 130 cm³/mol. The van der Waals surface area contributed by atoms with Gasteiger partial charge in [0.1, 0.15) is 5.69 Å². The molecule has 0 aliphatic heterocycles. The highest BCUT2D eigenvalue weighted by Crippen LogP contribution is 2.25. The molecular weight excluding hydrogens is 510 g/mol. The van der Waals surface area contributed by atoms with Gasteiger partial charge in [0.25, 0.3) is 11.6 Å². The Morgan fingerprint density at radius 1 is 1.09 bits per heavy atom. The molecule has 1 aromatic heterocycles.